The van der Waals surface area contributed by atoms with Gasteiger partial charge in [0.25, 0.3) is 0 Å². The number of nitro benzene ring substituents is 1. The Morgan fingerprint density at radius 1 is 1.19 bits per heavy atom. The van der Waals surface area contributed by atoms with Crippen LogP contribution in [0.2, 0.25) is 0 Å². The highest BCUT2D eigenvalue weighted by Crippen LogP contribution is 2.38. The van der Waals surface area contributed by atoms with Crippen LogP contribution < -0.4 is 4.74 Å². The van der Waals surface area contributed by atoms with Crippen molar-refractivity contribution in [3.8, 4) is 5.75 Å². The highest BCUT2D eigenvalue weighted by atomic mass is 19.1. The van der Waals surface area contributed by atoms with E-state index in [-0.39, 0.29) is 11.3 Å². The topological polar surface area (TPSA) is 72.6 Å². The van der Waals surface area contributed by atoms with Crippen LogP contribution in [-0.2, 0) is 0 Å². The Balaban J connectivity index is 2.64. The van der Waals surface area contributed by atoms with E-state index in [1.165, 1.54) is 25.3 Å². The number of aliphatic hydroxyl groups is 1. The molecule has 0 bridgehead atoms. The molecule has 21 heavy (non-hydrogen) atoms. The second-order valence-electron chi connectivity index (χ2n) is 4.19. The molecule has 0 heterocycles. The Labute approximate surface area is 118 Å². The Morgan fingerprint density at radius 2 is 1.76 bits per heavy atom. The van der Waals surface area contributed by atoms with Gasteiger partial charge >= 0.3 is 5.69 Å². The predicted molar refractivity (Wildman–Crippen MR) is 70.1 cm³/mol. The van der Waals surface area contributed by atoms with E-state index in [1.807, 2.05) is 0 Å². The number of nitro groups is 1. The fourth-order valence-corrected chi connectivity index (χ4v) is 2.05. The number of hydrogen-bond acceptors (Lipinski definition) is 4. The summed E-state index contributed by atoms with van der Waals surface area (Å²) in [4.78, 5) is 10.4. The van der Waals surface area contributed by atoms with Gasteiger partial charge in [0.05, 0.1) is 23.2 Å². The number of hydrogen-bond donors (Lipinski definition) is 1. The Bertz CT molecular complexity index is 670. The number of para-hydroxylation sites is 1. The maximum absolute atomic E-state index is 13.7. The van der Waals surface area contributed by atoms with Gasteiger partial charge < -0.3 is 9.84 Å². The molecule has 0 aliphatic heterocycles. The fourth-order valence-electron chi connectivity index (χ4n) is 2.05. The summed E-state index contributed by atoms with van der Waals surface area (Å²) < 4.78 is 32.3. The SMILES string of the molecule is COc1cccc(C(O)c2c(F)cccc2F)c1[N+](=O)[O-]. The number of rotatable bonds is 4. The van der Waals surface area contributed by atoms with Gasteiger partial charge in [0.2, 0.25) is 0 Å². The molecule has 2 rings (SSSR count). The quantitative estimate of drug-likeness (QED) is 0.695. The van der Waals surface area contributed by atoms with E-state index in [1.54, 1.807) is 0 Å². The molecule has 0 radical (unpaired) electrons. The zero-order valence-corrected chi connectivity index (χ0v) is 10.9. The van der Waals surface area contributed by atoms with Crippen molar-refractivity contribution in [3.63, 3.8) is 0 Å². The Morgan fingerprint density at radius 3 is 2.29 bits per heavy atom. The molecule has 0 fully saturated rings. The summed E-state index contributed by atoms with van der Waals surface area (Å²) in [5.41, 5.74) is -1.42. The van der Waals surface area contributed by atoms with Gasteiger partial charge in [0.1, 0.15) is 17.7 Å². The van der Waals surface area contributed by atoms with E-state index in [2.05, 4.69) is 0 Å². The van der Waals surface area contributed by atoms with Gasteiger partial charge in [0, 0.05) is 0 Å². The van der Waals surface area contributed by atoms with Crippen LogP contribution in [0.25, 0.3) is 0 Å². The van der Waals surface area contributed by atoms with Crippen LogP contribution in [0.15, 0.2) is 36.4 Å². The molecule has 0 aliphatic rings. The molecule has 110 valence electrons. The molecular formula is C14H11F2NO4. The average molecular weight is 295 g/mol. The lowest BCUT2D eigenvalue weighted by Gasteiger charge is -2.14. The number of ether oxygens (including phenoxy) is 1. The number of benzene rings is 2. The third-order valence-electron chi connectivity index (χ3n) is 3.00. The van der Waals surface area contributed by atoms with Crippen molar-refractivity contribution in [2.75, 3.05) is 7.11 Å². The smallest absolute Gasteiger partial charge is 0.317 e. The van der Waals surface area contributed by atoms with Gasteiger partial charge in [-0.15, -0.1) is 0 Å². The number of methoxy groups -OCH3 is 1. The lowest BCUT2D eigenvalue weighted by molar-refractivity contribution is -0.387. The van der Waals surface area contributed by atoms with Crippen molar-refractivity contribution in [1.29, 1.82) is 0 Å². The summed E-state index contributed by atoms with van der Waals surface area (Å²) in [5.74, 6) is -2.08. The van der Waals surface area contributed by atoms with Crippen molar-refractivity contribution < 1.29 is 23.5 Å². The van der Waals surface area contributed by atoms with Crippen LogP contribution >= 0.6 is 0 Å². The molecule has 0 amide bonds. The first-order valence-corrected chi connectivity index (χ1v) is 5.90. The summed E-state index contributed by atoms with van der Waals surface area (Å²) in [6.07, 6.45) is -1.82. The van der Waals surface area contributed by atoms with Crippen LogP contribution in [0.5, 0.6) is 5.75 Å². The van der Waals surface area contributed by atoms with Gasteiger partial charge in [-0.2, -0.15) is 0 Å². The molecule has 0 spiro atoms. The van der Waals surface area contributed by atoms with Gasteiger partial charge in [-0.25, -0.2) is 8.78 Å². The summed E-state index contributed by atoms with van der Waals surface area (Å²) in [7, 11) is 1.22. The van der Waals surface area contributed by atoms with E-state index in [4.69, 9.17) is 4.74 Å². The van der Waals surface area contributed by atoms with Crippen molar-refractivity contribution in [2.45, 2.75) is 6.10 Å². The minimum atomic E-state index is -1.82. The molecule has 5 nitrogen and oxygen atoms in total. The zero-order valence-electron chi connectivity index (χ0n) is 10.9. The number of nitrogens with zero attached hydrogens (tertiary/aromatic N) is 1. The van der Waals surface area contributed by atoms with Gasteiger partial charge in [-0.3, -0.25) is 10.1 Å². The molecule has 7 heteroatoms. The number of halogens is 2. The third kappa shape index (κ3) is 2.68. The second-order valence-corrected chi connectivity index (χ2v) is 4.19. The Kier molecular flexibility index (Phi) is 4.13. The van der Waals surface area contributed by atoms with Gasteiger partial charge in [0.15, 0.2) is 5.75 Å². The summed E-state index contributed by atoms with van der Waals surface area (Å²) >= 11 is 0. The maximum atomic E-state index is 13.7. The molecule has 0 saturated heterocycles. The molecule has 0 saturated carbocycles. The van der Waals surface area contributed by atoms with E-state index in [0.717, 1.165) is 18.2 Å². The lowest BCUT2D eigenvalue weighted by atomic mass is 9.98. The first-order chi connectivity index (χ1) is 9.97. The summed E-state index contributed by atoms with van der Waals surface area (Å²) in [6.45, 7) is 0. The van der Waals surface area contributed by atoms with Crippen LogP contribution in [0.1, 0.15) is 17.2 Å². The van der Waals surface area contributed by atoms with Crippen LogP contribution in [-0.4, -0.2) is 17.1 Å². The van der Waals surface area contributed by atoms with Gasteiger partial charge in [-0.05, 0) is 24.3 Å². The minimum absolute atomic E-state index is 0.103. The molecule has 1 N–H and O–H groups in total. The maximum Gasteiger partial charge on any atom is 0.317 e. The Hall–Kier alpha value is -2.54. The molecule has 0 aromatic heterocycles. The molecule has 1 unspecified atom stereocenters. The first kappa shape index (κ1) is 14.9. The zero-order chi connectivity index (χ0) is 15.6. The van der Waals surface area contributed by atoms with Gasteiger partial charge in [-0.1, -0.05) is 12.1 Å². The molecular weight excluding hydrogens is 284 g/mol. The van der Waals surface area contributed by atoms with Crippen molar-refractivity contribution >= 4 is 5.69 Å². The average Bonchev–Trinajstić information content (AvgIpc) is 2.45. The lowest BCUT2D eigenvalue weighted by Crippen LogP contribution is -2.09. The molecule has 1 atom stereocenters. The molecule has 2 aromatic rings. The standard InChI is InChI=1S/C14H11F2NO4/c1-21-11-7-2-4-8(13(11)17(19)20)14(18)12-9(15)5-3-6-10(12)16/h2-7,14,18H,1H3. The van der Waals surface area contributed by atoms with E-state index < -0.39 is 33.9 Å². The normalized spacial score (nSPS) is 12.0. The largest absolute Gasteiger partial charge is 0.490 e. The summed E-state index contributed by atoms with van der Waals surface area (Å²) in [5, 5.41) is 21.3. The minimum Gasteiger partial charge on any atom is -0.490 e. The van der Waals surface area contributed by atoms with E-state index >= 15 is 0 Å². The van der Waals surface area contributed by atoms with E-state index in [9.17, 15) is 24.0 Å². The third-order valence-corrected chi connectivity index (χ3v) is 3.00. The molecule has 0 aliphatic carbocycles. The first-order valence-electron chi connectivity index (χ1n) is 5.90. The fraction of sp³-hybridized carbons (Fsp3) is 0.143. The monoisotopic (exact) mass is 295 g/mol. The van der Waals surface area contributed by atoms with Crippen LogP contribution in [0.4, 0.5) is 14.5 Å². The van der Waals surface area contributed by atoms with Crippen molar-refractivity contribution in [3.05, 3.63) is 69.3 Å². The van der Waals surface area contributed by atoms with Crippen molar-refractivity contribution in [2.24, 2.45) is 0 Å². The predicted octanol–water partition coefficient (Wildman–Crippen LogP) is 2.96. The second kappa shape index (κ2) is 5.84. The number of aliphatic hydroxyl groups excluding tert-OH is 1. The van der Waals surface area contributed by atoms with Crippen LogP contribution in [0.3, 0.4) is 0 Å². The van der Waals surface area contributed by atoms with Crippen LogP contribution in [0, 0.1) is 21.7 Å². The highest BCUT2D eigenvalue weighted by Gasteiger charge is 2.29. The highest BCUT2D eigenvalue weighted by molar-refractivity contribution is 5.55. The molecule has 2 aromatic carbocycles. The van der Waals surface area contributed by atoms with E-state index in [0.29, 0.717) is 0 Å². The summed E-state index contributed by atoms with van der Waals surface area (Å²) in [6, 6.07) is 7.01. The van der Waals surface area contributed by atoms with Crippen molar-refractivity contribution in [1.82, 2.24) is 0 Å².